The van der Waals surface area contributed by atoms with Gasteiger partial charge in [0.25, 0.3) is 0 Å². The molecule has 0 radical (unpaired) electrons. The van der Waals surface area contributed by atoms with Gasteiger partial charge in [0.2, 0.25) is 0 Å². The highest BCUT2D eigenvalue weighted by molar-refractivity contribution is 5.30. The fourth-order valence-electron chi connectivity index (χ4n) is 3.12. The molecule has 19 heavy (non-hydrogen) atoms. The van der Waals surface area contributed by atoms with Crippen LogP contribution in [0, 0.1) is 13.8 Å². The molecule has 1 fully saturated rings. The van der Waals surface area contributed by atoms with Crippen molar-refractivity contribution in [2.24, 2.45) is 0 Å². The summed E-state index contributed by atoms with van der Waals surface area (Å²) in [5, 5.41) is 14.2. The van der Waals surface area contributed by atoms with Crippen molar-refractivity contribution in [3.05, 3.63) is 34.9 Å². The van der Waals surface area contributed by atoms with Crippen molar-refractivity contribution < 1.29 is 5.11 Å². The molecule has 0 aromatic heterocycles. The van der Waals surface area contributed by atoms with E-state index in [-0.39, 0.29) is 0 Å². The van der Waals surface area contributed by atoms with Crippen molar-refractivity contribution in [1.82, 2.24) is 5.32 Å². The van der Waals surface area contributed by atoms with Crippen molar-refractivity contribution in [2.45, 2.75) is 64.5 Å². The second-order valence-electron chi connectivity index (χ2n) is 6.15. The zero-order chi connectivity index (χ0) is 13.9. The van der Waals surface area contributed by atoms with Crippen LogP contribution in [0.2, 0.25) is 0 Å². The molecule has 1 aliphatic carbocycles. The maximum atomic E-state index is 10.7. The molecule has 0 unspecified atom stereocenters. The Morgan fingerprint density at radius 3 is 2.47 bits per heavy atom. The van der Waals surface area contributed by atoms with Crippen LogP contribution < -0.4 is 5.32 Å². The lowest BCUT2D eigenvalue weighted by atomic mass is 9.78. The van der Waals surface area contributed by atoms with E-state index in [4.69, 9.17) is 0 Å². The Bertz CT molecular complexity index is 419. The third-order valence-electron chi connectivity index (χ3n) is 4.51. The smallest absolute Gasteiger partial charge is 0.0689 e. The van der Waals surface area contributed by atoms with E-state index in [2.05, 4.69) is 44.3 Å². The van der Waals surface area contributed by atoms with Crippen LogP contribution in [0.3, 0.4) is 0 Å². The molecule has 2 rings (SSSR count). The number of rotatable bonds is 4. The van der Waals surface area contributed by atoms with E-state index < -0.39 is 5.60 Å². The first-order valence-electron chi connectivity index (χ1n) is 7.54. The molecule has 1 aromatic rings. The summed E-state index contributed by atoms with van der Waals surface area (Å²) in [6.45, 7) is 7.45. The van der Waals surface area contributed by atoms with E-state index >= 15 is 0 Å². The monoisotopic (exact) mass is 261 g/mol. The largest absolute Gasteiger partial charge is 0.390 e. The average molecular weight is 261 g/mol. The Morgan fingerprint density at radius 1 is 1.21 bits per heavy atom. The Balaban J connectivity index is 1.96. The minimum atomic E-state index is -0.492. The first-order valence-corrected chi connectivity index (χ1v) is 7.54. The van der Waals surface area contributed by atoms with Crippen molar-refractivity contribution in [3.63, 3.8) is 0 Å². The lowest BCUT2D eigenvalue weighted by molar-refractivity contribution is -0.00295. The zero-order valence-electron chi connectivity index (χ0n) is 12.5. The van der Waals surface area contributed by atoms with Crippen LogP contribution >= 0.6 is 0 Å². The second-order valence-corrected chi connectivity index (χ2v) is 6.15. The average Bonchev–Trinajstić information content (AvgIpc) is 2.37. The lowest BCUT2D eigenvalue weighted by Crippen LogP contribution is -2.42. The van der Waals surface area contributed by atoms with Gasteiger partial charge < -0.3 is 10.4 Å². The van der Waals surface area contributed by atoms with Crippen molar-refractivity contribution >= 4 is 0 Å². The second kappa shape index (κ2) is 6.06. The summed E-state index contributed by atoms with van der Waals surface area (Å²) in [6.07, 6.45) is 4.81. The van der Waals surface area contributed by atoms with Gasteiger partial charge in [-0.3, -0.25) is 0 Å². The summed E-state index contributed by atoms with van der Waals surface area (Å²) in [4.78, 5) is 0. The molecule has 1 aromatic carbocycles. The number of nitrogens with one attached hydrogen (secondary N) is 1. The third-order valence-corrected chi connectivity index (χ3v) is 4.51. The van der Waals surface area contributed by atoms with E-state index in [1.54, 1.807) is 0 Å². The fraction of sp³-hybridized carbons (Fsp3) is 0.647. The topological polar surface area (TPSA) is 32.3 Å². The van der Waals surface area contributed by atoms with Gasteiger partial charge in [-0.25, -0.2) is 0 Å². The number of hydrogen-bond acceptors (Lipinski definition) is 2. The maximum absolute atomic E-state index is 10.7. The van der Waals surface area contributed by atoms with Crippen LogP contribution in [0.4, 0.5) is 0 Å². The van der Waals surface area contributed by atoms with Gasteiger partial charge in [0.05, 0.1) is 5.60 Å². The molecule has 106 valence electrons. The highest BCUT2D eigenvalue weighted by Gasteiger charge is 2.32. The first-order chi connectivity index (χ1) is 9.02. The first kappa shape index (κ1) is 14.5. The number of aryl methyl sites for hydroxylation is 2. The van der Waals surface area contributed by atoms with Crippen molar-refractivity contribution in [2.75, 3.05) is 6.54 Å². The van der Waals surface area contributed by atoms with Gasteiger partial charge in [-0.1, -0.05) is 25.1 Å². The molecule has 2 N–H and O–H groups in total. The molecule has 0 heterocycles. The molecular weight excluding hydrogens is 234 g/mol. The predicted molar refractivity (Wildman–Crippen MR) is 80.5 cm³/mol. The Kier molecular flexibility index (Phi) is 4.64. The van der Waals surface area contributed by atoms with E-state index in [1.165, 1.54) is 16.7 Å². The van der Waals surface area contributed by atoms with E-state index in [0.717, 1.165) is 38.6 Å². The molecule has 1 aliphatic rings. The molecule has 0 amide bonds. The zero-order valence-corrected chi connectivity index (χ0v) is 12.5. The van der Waals surface area contributed by atoms with Gasteiger partial charge in [0.1, 0.15) is 0 Å². The fourth-order valence-corrected chi connectivity index (χ4v) is 3.12. The van der Waals surface area contributed by atoms with E-state index in [1.807, 2.05) is 0 Å². The summed E-state index contributed by atoms with van der Waals surface area (Å²) in [7, 11) is 0. The molecule has 2 nitrogen and oxygen atoms in total. The van der Waals surface area contributed by atoms with Crippen LogP contribution in [0.25, 0.3) is 0 Å². The molecular formula is C17H27NO. The van der Waals surface area contributed by atoms with Gasteiger partial charge in [-0.05, 0) is 62.8 Å². The Labute approximate surface area is 117 Å². The van der Waals surface area contributed by atoms with Gasteiger partial charge in [0.15, 0.2) is 0 Å². The Morgan fingerprint density at radius 2 is 1.89 bits per heavy atom. The van der Waals surface area contributed by atoms with Gasteiger partial charge in [0, 0.05) is 12.5 Å². The van der Waals surface area contributed by atoms with E-state index in [9.17, 15) is 5.11 Å². The third kappa shape index (κ3) is 3.80. The maximum Gasteiger partial charge on any atom is 0.0689 e. The molecule has 0 atom stereocenters. The van der Waals surface area contributed by atoms with E-state index in [0.29, 0.717) is 6.04 Å². The van der Waals surface area contributed by atoms with Gasteiger partial charge in [-0.15, -0.1) is 0 Å². The molecule has 0 bridgehead atoms. The highest BCUT2D eigenvalue weighted by Crippen LogP contribution is 2.31. The number of hydrogen-bond donors (Lipinski definition) is 2. The molecule has 1 saturated carbocycles. The van der Waals surface area contributed by atoms with Gasteiger partial charge in [-0.2, -0.15) is 0 Å². The van der Waals surface area contributed by atoms with Crippen LogP contribution in [0.15, 0.2) is 18.2 Å². The summed E-state index contributed by atoms with van der Waals surface area (Å²) in [5.74, 6) is 0. The molecule has 0 aliphatic heterocycles. The van der Waals surface area contributed by atoms with Crippen molar-refractivity contribution in [1.29, 1.82) is 0 Å². The van der Waals surface area contributed by atoms with Crippen LogP contribution in [-0.2, 0) is 6.42 Å². The van der Waals surface area contributed by atoms with Crippen molar-refractivity contribution in [3.8, 4) is 0 Å². The summed E-state index contributed by atoms with van der Waals surface area (Å²) >= 11 is 0. The predicted octanol–water partition coefficient (Wildman–Crippen LogP) is 3.13. The SMILES string of the molecule is CCNC1CCC(O)(Cc2ccc(C)c(C)c2)CC1. The molecule has 0 spiro atoms. The van der Waals surface area contributed by atoms with Crippen LogP contribution in [0.1, 0.15) is 49.3 Å². The number of benzene rings is 1. The minimum absolute atomic E-state index is 0.492. The summed E-state index contributed by atoms with van der Waals surface area (Å²) < 4.78 is 0. The molecule has 0 saturated heterocycles. The lowest BCUT2D eigenvalue weighted by Gasteiger charge is -2.36. The summed E-state index contributed by atoms with van der Waals surface area (Å²) in [5.41, 5.74) is 3.43. The van der Waals surface area contributed by atoms with Gasteiger partial charge >= 0.3 is 0 Å². The molecule has 2 heteroatoms. The normalized spacial score (nSPS) is 27.5. The summed E-state index contributed by atoms with van der Waals surface area (Å²) in [6, 6.07) is 7.16. The minimum Gasteiger partial charge on any atom is -0.390 e. The number of aliphatic hydroxyl groups is 1. The van der Waals surface area contributed by atoms with Crippen LogP contribution in [0.5, 0.6) is 0 Å². The Hall–Kier alpha value is -0.860. The standard InChI is InChI=1S/C17H27NO/c1-4-18-16-7-9-17(19,10-8-16)12-15-6-5-13(2)14(3)11-15/h5-6,11,16,18-19H,4,7-10,12H2,1-3H3. The highest BCUT2D eigenvalue weighted by atomic mass is 16.3. The quantitative estimate of drug-likeness (QED) is 0.873. The van der Waals surface area contributed by atoms with Crippen LogP contribution in [-0.4, -0.2) is 23.3 Å².